The average Bonchev–Trinajstić information content (AvgIpc) is 3.87. The average molecular weight is 701 g/mol. The van der Waals surface area contributed by atoms with E-state index in [4.69, 9.17) is 9.40 Å². The van der Waals surface area contributed by atoms with Crippen molar-refractivity contribution in [1.29, 1.82) is 0 Å². The van der Waals surface area contributed by atoms with Crippen molar-refractivity contribution in [3.63, 3.8) is 0 Å². The van der Waals surface area contributed by atoms with Crippen molar-refractivity contribution in [1.82, 2.24) is 4.98 Å². The number of aromatic nitrogens is 1. The first-order chi connectivity index (χ1) is 27.3. The van der Waals surface area contributed by atoms with E-state index in [1.165, 1.54) is 55.6 Å². The molecule has 3 heteroatoms. The fourth-order valence-electron chi connectivity index (χ4n) is 9.60. The van der Waals surface area contributed by atoms with Crippen molar-refractivity contribution in [3.05, 3.63) is 216 Å². The third-order valence-corrected chi connectivity index (χ3v) is 11.9. The van der Waals surface area contributed by atoms with Gasteiger partial charge in [-0.15, -0.1) is 0 Å². The number of benzene rings is 8. The molecular weight excluding hydrogens is 669 g/mol. The summed E-state index contributed by atoms with van der Waals surface area (Å²) >= 11 is 0. The molecular formula is C52H32N2O. The molecule has 0 unspecified atom stereocenters. The summed E-state index contributed by atoms with van der Waals surface area (Å²) in [7, 11) is 0. The predicted octanol–water partition coefficient (Wildman–Crippen LogP) is 13.6. The third kappa shape index (κ3) is 4.18. The lowest BCUT2D eigenvalue weighted by atomic mass is 9.70. The van der Waals surface area contributed by atoms with E-state index < -0.39 is 5.41 Å². The molecule has 55 heavy (non-hydrogen) atoms. The van der Waals surface area contributed by atoms with Crippen molar-refractivity contribution >= 4 is 50.0 Å². The van der Waals surface area contributed by atoms with Gasteiger partial charge in [0.2, 0.25) is 5.71 Å². The Morgan fingerprint density at radius 2 is 1.04 bits per heavy atom. The van der Waals surface area contributed by atoms with Crippen LogP contribution in [0, 0.1) is 0 Å². The number of rotatable bonds is 4. The van der Waals surface area contributed by atoms with Gasteiger partial charge in [0, 0.05) is 39.2 Å². The Morgan fingerprint density at radius 3 is 1.80 bits per heavy atom. The lowest BCUT2D eigenvalue weighted by molar-refractivity contribution is 0.656. The molecule has 0 aliphatic heterocycles. The lowest BCUT2D eigenvalue weighted by Crippen LogP contribution is -2.26. The number of anilines is 3. The van der Waals surface area contributed by atoms with Crippen LogP contribution >= 0.6 is 0 Å². The molecule has 2 heterocycles. The minimum atomic E-state index is -0.436. The number of nitrogens with zero attached hydrogens (tertiary/aromatic N) is 2. The number of furan rings is 1. The number of hydrogen-bond acceptors (Lipinski definition) is 3. The van der Waals surface area contributed by atoms with Gasteiger partial charge in [-0.3, -0.25) is 0 Å². The zero-order valence-electron chi connectivity index (χ0n) is 29.8. The van der Waals surface area contributed by atoms with E-state index in [2.05, 4.69) is 187 Å². The maximum Gasteiger partial charge on any atom is 0.227 e. The Kier molecular flexibility index (Phi) is 6.26. The molecule has 8 aromatic carbocycles. The van der Waals surface area contributed by atoms with Gasteiger partial charge >= 0.3 is 0 Å². The SMILES string of the molecule is c1ccc(-c2ccc(N(c3ccc4c(c3)oc3nc5ccccc5cc34)c3cccc4c3-c3ccccc3C43c4ccccc4-c4ccccc43)cc2)cc1. The largest absolute Gasteiger partial charge is 0.438 e. The molecule has 10 aromatic rings. The first-order valence-electron chi connectivity index (χ1n) is 18.9. The molecule has 0 N–H and O–H groups in total. The lowest BCUT2D eigenvalue weighted by Gasteiger charge is -2.31. The highest BCUT2D eigenvalue weighted by molar-refractivity contribution is 6.09. The van der Waals surface area contributed by atoms with Crippen LogP contribution in [0.1, 0.15) is 22.3 Å². The molecule has 12 rings (SSSR count). The standard InChI is InChI=1S/C52H32N2O/c1-2-13-33(14-3-1)34-25-27-36(28-26-34)54(37-29-30-40-42-31-35-15-4-11-23-47(35)53-51(42)55-49(40)32-37)48-24-12-22-46-50(48)41-18-7-10-21-45(41)52(46)43-19-8-5-16-38(43)39-17-6-9-20-44(39)52/h1-32H. The maximum atomic E-state index is 6.57. The van der Waals surface area contributed by atoms with Crippen LogP contribution in [0.5, 0.6) is 0 Å². The van der Waals surface area contributed by atoms with Crippen LogP contribution in [0.15, 0.2) is 199 Å². The van der Waals surface area contributed by atoms with Crippen molar-refractivity contribution in [2.75, 3.05) is 4.90 Å². The summed E-state index contributed by atoms with van der Waals surface area (Å²) < 4.78 is 6.57. The summed E-state index contributed by atoms with van der Waals surface area (Å²) in [6, 6.07) is 70.4. The smallest absolute Gasteiger partial charge is 0.227 e. The molecule has 2 aliphatic carbocycles. The van der Waals surface area contributed by atoms with Crippen LogP contribution in [0.2, 0.25) is 0 Å². The Bertz CT molecular complexity index is 3110. The molecule has 256 valence electrons. The maximum absolute atomic E-state index is 6.57. The Hall–Kier alpha value is -7.23. The van der Waals surface area contributed by atoms with Crippen molar-refractivity contribution < 1.29 is 4.42 Å². The quantitative estimate of drug-likeness (QED) is 0.183. The van der Waals surface area contributed by atoms with Crippen LogP contribution in [-0.2, 0) is 5.41 Å². The molecule has 0 amide bonds. The van der Waals surface area contributed by atoms with Gasteiger partial charge in [0.05, 0.1) is 16.6 Å². The second-order valence-corrected chi connectivity index (χ2v) is 14.7. The van der Waals surface area contributed by atoms with E-state index in [-0.39, 0.29) is 0 Å². The molecule has 0 saturated heterocycles. The summed E-state index contributed by atoms with van der Waals surface area (Å²) in [5.74, 6) is 0. The van der Waals surface area contributed by atoms with Gasteiger partial charge in [0.25, 0.3) is 0 Å². The number of fused-ring (bicyclic) bond motifs is 14. The van der Waals surface area contributed by atoms with Crippen molar-refractivity contribution in [2.24, 2.45) is 0 Å². The summed E-state index contributed by atoms with van der Waals surface area (Å²) in [5, 5.41) is 3.18. The fraction of sp³-hybridized carbons (Fsp3) is 0.0192. The molecule has 2 aliphatic rings. The third-order valence-electron chi connectivity index (χ3n) is 11.9. The molecule has 0 atom stereocenters. The summed E-state index contributed by atoms with van der Waals surface area (Å²) in [4.78, 5) is 7.32. The number of hydrogen-bond donors (Lipinski definition) is 0. The van der Waals surface area contributed by atoms with E-state index in [1.54, 1.807) is 0 Å². The summed E-state index contributed by atoms with van der Waals surface area (Å²) in [5.41, 5.74) is 17.9. The first kappa shape index (κ1) is 30.3. The van der Waals surface area contributed by atoms with E-state index in [9.17, 15) is 0 Å². The van der Waals surface area contributed by atoms with Crippen molar-refractivity contribution in [3.8, 4) is 33.4 Å². The number of pyridine rings is 1. The van der Waals surface area contributed by atoms with Gasteiger partial charge in [-0.1, -0.05) is 146 Å². The second kappa shape index (κ2) is 11.4. The second-order valence-electron chi connectivity index (χ2n) is 14.7. The molecule has 3 nitrogen and oxygen atoms in total. The summed E-state index contributed by atoms with van der Waals surface area (Å²) in [6.45, 7) is 0. The van der Waals surface area contributed by atoms with Crippen LogP contribution in [-0.4, -0.2) is 4.98 Å². The zero-order valence-corrected chi connectivity index (χ0v) is 29.8. The van der Waals surface area contributed by atoms with Gasteiger partial charge in [0.15, 0.2) is 0 Å². The minimum Gasteiger partial charge on any atom is -0.438 e. The highest BCUT2D eigenvalue weighted by Gasteiger charge is 2.52. The molecule has 0 fully saturated rings. The topological polar surface area (TPSA) is 29.3 Å². The Balaban J connectivity index is 1.12. The van der Waals surface area contributed by atoms with E-state index in [1.807, 2.05) is 12.1 Å². The van der Waals surface area contributed by atoms with Gasteiger partial charge < -0.3 is 9.32 Å². The van der Waals surface area contributed by atoms with Gasteiger partial charge in [-0.2, -0.15) is 0 Å². The van der Waals surface area contributed by atoms with E-state index >= 15 is 0 Å². The molecule has 1 spiro atoms. The number of para-hydroxylation sites is 1. The predicted molar refractivity (Wildman–Crippen MR) is 225 cm³/mol. The van der Waals surface area contributed by atoms with Gasteiger partial charge in [-0.05, 0) is 92.5 Å². The molecule has 0 saturated carbocycles. The monoisotopic (exact) mass is 700 g/mol. The first-order valence-corrected chi connectivity index (χ1v) is 18.9. The van der Waals surface area contributed by atoms with E-state index in [0.717, 1.165) is 44.3 Å². The molecule has 0 radical (unpaired) electrons. The Labute approximate surface area is 318 Å². The molecule has 2 aromatic heterocycles. The van der Waals surface area contributed by atoms with Gasteiger partial charge in [0.1, 0.15) is 5.58 Å². The van der Waals surface area contributed by atoms with Crippen LogP contribution < -0.4 is 4.90 Å². The minimum absolute atomic E-state index is 0.436. The molecule has 0 bridgehead atoms. The van der Waals surface area contributed by atoms with E-state index in [0.29, 0.717) is 5.71 Å². The highest BCUT2D eigenvalue weighted by Crippen LogP contribution is 2.64. The van der Waals surface area contributed by atoms with Gasteiger partial charge in [-0.25, -0.2) is 4.98 Å². The summed E-state index contributed by atoms with van der Waals surface area (Å²) in [6.07, 6.45) is 0. The fourth-order valence-corrected chi connectivity index (χ4v) is 9.60. The van der Waals surface area contributed by atoms with Crippen LogP contribution in [0.4, 0.5) is 17.1 Å². The highest BCUT2D eigenvalue weighted by atomic mass is 16.3. The Morgan fingerprint density at radius 1 is 0.436 bits per heavy atom. The van der Waals surface area contributed by atoms with Crippen LogP contribution in [0.25, 0.3) is 66.4 Å². The normalized spacial score (nSPS) is 13.2. The van der Waals surface area contributed by atoms with Crippen LogP contribution in [0.3, 0.4) is 0 Å². The zero-order chi connectivity index (χ0) is 36.1. The van der Waals surface area contributed by atoms with Crippen molar-refractivity contribution in [2.45, 2.75) is 5.41 Å².